The zero-order valence-electron chi connectivity index (χ0n) is 25.9. The lowest BCUT2D eigenvalue weighted by Crippen LogP contribution is -1.95. The first kappa shape index (κ1) is 25.8. The van der Waals surface area contributed by atoms with Gasteiger partial charge in [0.05, 0.1) is 11.0 Å². The van der Waals surface area contributed by atoms with Gasteiger partial charge in [0.2, 0.25) is 0 Å². The highest BCUT2D eigenvalue weighted by molar-refractivity contribution is 6.37. The van der Waals surface area contributed by atoms with Crippen molar-refractivity contribution >= 4 is 86.8 Å². The first-order valence-electron chi connectivity index (χ1n) is 16.5. The summed E-state index contributed by atoms with van der Waals surface area (Å²) in [6.07, 6.45) is 0. The van der Waals surface area contributed by atoms with Crippen LogP contribution in [0.1, 0.15) is 0 Å². The monoisotopic (exact) mass is 609 g/mol. The minimum Gasteiger partial charge on any atom is -0.456 e. The summed E-state index contributed by atoms with van der Waals surface area (Å²) in [6.45, 7) is 0. The Kier molecular flexibility index (Phi) is 5.14. The molecule has 0 saturated heterocycles. The number of hydrogen-bond donors (Lipinski definition) is 0. The number of aromatic nitrogens is 1. The molecule has 11 rings (SSSR count). The van der Waals surface area contributed by atoms with E-state index in [-0.39, 0.29) is 0 Å². The Hall–Kier alpha value is -6.38. The smallest absolute Gasteiger partial charge is 0.135 e. The van der Waals surface area contributed by atoms with E-state index in [1.807, 2.05) is 12.1 Å². The molecule has 9 aromatic carbocycles. The topological polar surface area (TPSA) is 18.1 Å². The normalized spacial score (nSPS) is 12.2. The van der Waals surface area contributed by atoms with E-state index in [2.05, 4.69) is 156 Å². The van der Waals surface area contributed by atoms with Crippen molar-refractivity contribution in [1.82, 2.24) is 4.57 Å². The van der Waals surface area contributed by atoms with Crippen molar-refractivity contribution < 1.29 is 4.42 Å². The highest BCUT2D eigenvalue weighted by Gasteiger charge is 2.21. The Balaban J connectivity index is 1.32. The fourth-order valence-corrected chi connectivity index (χ4v) is 8.16. The predicted molar refractivity (Wildman–Crippen MR) is 204 cm³/mol. The van der Waals surface area contributed by atoms with Gasteiger partial charge in [-0.15, -0.1) is 0 Å². The molecule has 2 heteroatoms. The molecule has 0 amide bonds. The third-order valence-electron chi connectivity index (χ3n) is 10.3. The van der Waals surface area contributed by atoms with Crippen LogP contribution in [0.5, 0.6) is 0 Å². The van der Waals surface area contributed by atoms with Crippen LogP contribution in [0.25, 0.3) is 104 Å². The second-order valence-electron chi connectivity index (χ2n) is 12.9. The van der Waals surface area contributed by atoms with Crippen molar-refractivity contribution in [3.63, 3.8) is 0 Å². The van der Waals surface area contributed by atoms with E-state index in [1.54, 1.807) is 0 Å². The molecule has 0 radical (unpaired) electrons. The molecule has 0 fully saturated rings. The summed E-state index contributed by atoms with van der Waals surface area (Å²) in [5.74, 6) is 0. The zero-order valence-corrected chi connectivity index (χ0v) is 25.9. The number of fused-ring (bicyclic) bond motifs is 14. The molecule has 0 bridgehead atoms. The van der Waals surface area contributed by atoms with Gasteiger partial charge < -0.3 is 8.98 Å². The minimum atomic E-state index is 0.915. The molecule has 0 unspecified atom stereocenters. The largest absolute Gasteiger partial charge is 0.456 e. The summed E-state index contributed by atoms with van der Waals surface area (Å²) in [6, 6.07) is 59.7. The summed E-state index contributed by atoms with van der Waals surface area (Å²) < 4.78 is 8.68. The Morgan fingerprint density at radius 2 is 1.00 bits per heavy atom. The van der Waals surface area contributed by atoms with Gasteiger partial charge in [0.15, 0.2) is 0 Å². The second-order valence-corrected chi connectivity index (χ2v) is 12.9. The molecule has 0 atom stereocenters. The summed E-state index contributed by atoms with van der Waals surface area (Å²) >= 11 is 0. The minimum absolute atomic E-state index is 0.915. The van der Waals surface area contributed by atoms with Crippen LogP contribution in [0.3, 0.4) is 0 Å². The van der Waals surface area contributed by atoms with Gasteiger partial charge in [-0.25, -0.2) is 0 Å². The van der Waals surface area contributed by atoms with Gasteiger partial charge >= 0.3 is 0 Å². The molecule has 0 aliphatic carbocycles. The number of nitrogens with zero attached hydrogens (tertiary/aromatic N) is 1. The number of hydrogen-bond acceptors (Lipinski definition) is 1. The third-order valence-corrected chi connectivity index (χ3v) is 10.3. The van der Waals surface area contributed by atoms with Crippen molar-refractivity contribution in [1.29, 1.82) is 0 Å². The average Bonchev–Trinajstić information content (AvgIpc) is 3.70. The summed E-state index contributed by atoms with van der Waals surface area (Å²) in [5, 5.41) is 15.0. The maximum absolute atomic E-state index is 6.18. The molecule has 11 aromatic rings. The Labute approximate surface area is 275 Å². The van der Waals surface area contributed by atoms with Gasteiger partial charge in [-0.2, -0.15) is 0 Å². The van der Waals surface area contributed by atoms with E-state index in [1.165, 1.54) is 76.0 Å². The zero-order chi connectivity index (χ0) is 31.3. The van der Waals surface area contributed by atoms with Gasteiger partial charge in [0.25, 0.3) is 0 Å². The number of benzene rings is 9. The maximum atomic E-state index is 6.18. The van der Waals surface area contributed by atoms with E-state index in [4.69, 9.17) is 4.42 Å². The maximum Gasteiger partial charge on any atom is 0.135 e. The van der Waals surface area contributed by atoms with Crippen LogP contribution in [-0.4, -0.2) is 4.57 Å². The number of furan rings is 1. The molecule has 222 valence electrons. The Bertz CT molecular complexity index is 3120. The van der Waals surface area contributed by atoms with Crippen molar-refractivity contribution in [2.45, 2.75) is 0 Å². The van der Waals surface area contributed by atoms with Crippen molar-refractivity contribution in [2.75, 3.05) is 0 Å². The highest BCUT2D eigenvalue weighted by atomic mass is 16.3. The van der Waals surface area contributed by atoms with Crippen LogP contribution in [0.15, 0.2) is 168 Å². The van der Waals surface area contributed by atoms with Crippen LogP contribution in [0, 0.1) is 0 Å². The van der Waals surface area contributed by atoms with Gasteiger partial charge in [-0.05, 0) is 85.9 Å². The lowest BCUT2D eigenvalue weighted by molar-refractivity contribution is 0.669. The lowest BCUT2D eigenvalue weighted by atomic mass is 9.92. The van der Waals surface area contributed by atoms with Gasteiger partial charge in [-0.1, -0.05) is 121 Å². The van der Waals surface area contributed by atoms with E-state index >= 15 is 0 Å². The fourth-order valence-electron chi connectivity index (χ4n) is 8.16. The summed E-state index contributed by atoms with van der Waals surface area (Å²) in [7, 11) is 0. The quantitative estimate of drug-likeness (QED) is 0.178. The van der Waals surface area contributed by atoms with E-state index in [0.29, 0.717) is 0 Å². The Morgan fingerprint density at radius 3 is 1.88 bits per heavy atom. The summed E-state index contributed by atoms with van der Waals surface area (Å²) in [5.41, 5.74) is 7.81. The van der Waals surface area contributed by atoms with Gasteiger partial charge in [0.1, 0.15) is 11.2 Å². The first-order valence-corrected chi connectivity index (χ1v) is 16.5. The number of rotatable bonds is 2. The van der Waals surface area contributed by atoms with Crippen LogP contribution in [0.2, 0.25) is 0 Å². The first-order chi connectivity index (χ1) is 23.8. The van der Waals surface area contributed by atoms with Crippen molar-refractivity contribution in [3.8, 4) is 16.8 Å². The van der Waals surface area contributed by atoms with Gasteiger partial charge in [-0.3, -0.25) is 0 Å². The molecule has 0 spiro atoms. The second kappa shape index (κ2) is 9.57. The molecule has 2 heterocycles. The summed E-state index contributed by atoms with van der Waals surface area (Å²) in [4.78, 5) is 0. The molecule has 0 saturated carbocycles. The van der Waals surface area contributed by atoms with E-state index in [9.17, 15) is 0 Å². The lowest BCUT2D eigenvalue weighted by Gasteiger charge is -2.14. The molecule has 0 N–H and O–H groups in total. The SMILES string of the molecule is c1ccc2cc(-n3c4ccc(-c5ccc6oc7ccccc7c6c5)cc4c4c5c6ccccc6ccc5c5ccccc5c43)ccc2c1. The van der Waals surface area contributed by atoms with E-state index < -0.39 is 0 Å². The molecule has 48 heavy (non-hydrogen) atoms. The Morgan fingerprint density at radius 1 is 0.354 bits per heavy atom. The fraction of sp³-hybridized carbons (Fsp3) is 0. The number of para-hydroxylation sites is 1. The van der Waals surface area contributed by atoms with Crippen LogP contribution >= 0.6 is 0 Å². The van der Waals surface area contributed by atoms with Crippen LogP contribution in [-0.2, 0) is 0 Å². The molecule has 0 aliphatic rings. The van der Waals surface area contributed by atoms with Crippen molar-refractivity contribution in [3.05, 3.63) is 164 Å². The molecule has 2 nitrogen and oxygen atoms in total. The highest BCUT2D eigenvalue weighted by Crippen LogP contribution is 2.46. The van der Waals surface area contributed by atoms with Crippen LogP contribution in [0.4, 0.5) is 0 Å². The molecular formula is C46H27NO. The standard InChI is InChI=1S/C46H27NO/c1-2-11-30-25-33(21-17-28(30)9-1)47-41-23-19-31(32-20-24-43-39(26-32)36-14-7-8-16-42(36)48-43)27-40(41)45-44-34-12-4-3-10-29(34)18-22-37(44)35-13-5-6-15-38(35)46(45)47/h1-27H. The molecular weight excluding hydrogens is 583 g/mol. The average molecular weight is 610 g/mol. The predicted octanol–water partition coefficient (Wildman–Crippen LogP) is 13.0. The van der Waals surface area contributed by atoms with Crippen molar-refractivity contribution in [2.24, 2.45) is 0 Å². The molecule has 2 aromatic heterocycles. The van der Waals surface area contributed by atoms with E-state index in [0.717, 1.165) is 27.6 Å². The third kappa shape index (κ3) is 3.52. The van der Waals surface area contributed by atoms with Gasteiger partial charge in [0, 0.05) is 38.0 Å². The molecule has 0 aliphatic heterocycles. The van der Waals surface area contributed by atoms with Crippen LogP contribution < -0.4 is 0 Å².